The maximum absolute atomic E-state index is 12.9. The van der Waals surface area contributed by atoms with E-state index >= 15 is 0 Å². The average Bonchev–Trinajstić information content (AvgIpc) is 3.31. The van der Waals surface area contributed by atoms with Crippen LogP contribution in [0.2, 0.25) is 0 Å². The van der Waals surface area contributed by atoms with Gasteiger partial charge in [-0.3, -0.25) is 14.5 Å². The molecule has 1 amide bonds. The lowest BCUT2D eigenvalue weighted by atomic mass is 9.96. The maximum atomic E-state index is 12.9. The Hall–Kier alpha value is -3.13. The molecule has 2 aromatic rings. The minimum absolute atomic E-state index is 0.253. The van der Waals surface area contributed by atoms with E-state index in [2.05, 4.69) is 53.4 Å². The van der Waals surface area contributed by atoms with Gasteiger partial charge in [-0.05, 0) is 67.9 Å². The Balaban J connectivity index is 1.52. The normalized spacial score (nSPS) is 18.4. The Bertz CT molecular complexity index is 1180. The number of carbonyl (C=O) groups is 1. The molecular weight excluding hydrogens is 464 g/mol. The van der Waals surface area contributed by atoms with Crippen molar-refractivity contribution in [3.05, 3.63) is 46.8 Å². The summed E-state index contributed by atoms with van der Waals surface area (Å²) in [5, 5.41) is 11.0. The number of hydrogen-bond donors (Lipinski definition) is 0. The van der Waals surface area contributed by atoms with E-state index in [0.29, 0.717) is 19.0 Å². The third-order valence-corrected chi connectivity index (χ3v) is 7.93. The fourth-order valence-corrected chi connectivity index (χ4v) is 5.92. The highest BCUT2D eigenvalue weighted by atomic mass is 16.5. The number of rotatable bonds is 7. The second-order valence-corrected chi connectivity index (χ2v) is 10.5. The molecule has 4 heterocycles. The number of ether oxygens (including phenoxy) is 1. The van der Waals surface area contributed by atoms with Crippen LogP contribution in [0.1, 0.15) is 74.4 Å². The first-order valence-electron chi connectivity index (χ1n) is 13.7. The molecule has 1 aromatic carbocycles. The number of aryl methyl sites for hydroxylation is 1. The van der Waals surface area contributed by atoms with Crippen LogP contribution < -0.4 is 4.90 Å². The zero-order valence-electron chi connectivity index (χ0n) is 22.6. The van der Waals surface area contributed by atoms with Gasteiger partial charge in [0.2, 0.25) is 5.91 Å². The number of aromatic nitrogens is 2. The van der Waals surface area contributed by atoms with Gasteiger partial charge in [0.1, 0.15) is 0 Å². The monoisotopic (exact) mass is 504 g/mol. The predicted octanol–water partition coefficient (Wildman–Crippen LogP) is 4.91. The molecule has 3 aliphatic heterocycles. The van der Waals surface area contributed by atoms with Gasteiger partial charge in [0, 0.05) is 76.1 Å². The van der Waals surface area contributed by atoms with Gasteiger partial charge in [0.25, 0.3) is 0 Å². The van der Waals surface area contributed by atoms with Crippen LogP contribution in [0.3, 0.4) is 0 Å². The third-order valence-electron chi connectivity index (χ3n) is 7.93. The maximum Gasteiger partial charge on any atom is 0.222 e. The number of hydrazone groups is 1. The van der Waals surface area contributed by atoms with Gasteiger partial charge in [-0.15, -0.1) is 0 Å². The SMILES string of the molecule is C=NN(C)/C=C(\C)c1ccc2c(c1)CCCN2c1nn(C2CCOCC2)c2c1CN(C(=O)CCC)CC2. The molecule has 0 unspecified atom stereocenters. The van der Waals surface area contributed by atoms with Crippen LogP contribution in [-0.4, -0.2) is 65.7 Å². The molecule has 0 aliphatic carbocycles. The molecule has 3 aliphatic rings. The standard InChI is InChI=1S/C29H40N6O2/c1-5-7-28(36)33-15-11-27-25(20-33)29(31-35(27)24-12-16-37-17-13-24)34-14-6-8-23-18-22(9-10-26(23)34)21(2)19-32(4)30-3/h9-10,18-19,24H,3,5-8,11-17,20H2,1-2,4H3/b21-19+. The van der Waals surface area contributed by atoms with E-state index in [1.165, 1.54) is 28.1 Å². The van der Waals surface area contributed by atoms with Crippen molar-refractivity contribution in [3.8, 4) is 0 Å². The molecular formula is C29H40N6O2. The van der Waals surface area contributed by atoms with Gasteiger partial charge in [-0.2, -0.15) is 10.2 Å². The molecule has 1 saturated heterocycles. The van der Waals surface area contributed by atoms with Crippen molar-refractivity contribution in [3.63, 3.8) is 0 Å². The quantitative estimate of drug-likeness (QED) is 0.396. The van der Waals surface area contributed by atoms with Crippen LogP contribution in [-0.2, 0) is 28.9 Å². The molecule has 0 saturated carbocycles. The average molecular weight is 505 g/mol. The molecule has 5 rings (SSSR count). The second-order valence-electron chi connectivity index (χ2n) is 10.5. The predicted molar refractivity (Wildman–Crippen MR) is 148 cm³/mol. The Kier molecular flexibility index (Phi) is 7.65. The van der Waals surface area contributed by atoms with Crippen molar-refractivity contribution in [1.82, 2.24) is 19.7 Å². The van der Waals surface area contributed by atoms with Crippen LogP contribution >= 0.6 is 0 Å². The first-order chi connectivity index (χ1) is 18.0. The van der Waals surface area contributed by atoms with E-state index in [-0.39, 0.29) is 5.91 Å². The summed E-state index contributed by atoms with van der Waals surface area (Å²) < 4.78 is 7.94. The summed E-state index contributed by atoms with van der Waals surface area (Å²) in [6.45, 7) is 11.7. The van der Waals surface area contributed by atoms with E-state index < -0.39 is 0 Å². The first kappa shape index (κ1) is 25.5. The van der Waals surface area contributed by atoms with Crippen molar-refractivity contribution in [2.24, 2.45) is 5.10 Å². The van der Waals surface area contributed by atoms with E-state index in [1.54, 1.807) is 5.01 Å². The van der Waals surface area contributed by atoms with Gasteiger partial charge >= 0.3 is 0 Å². The lowest BCUT2D eigenvalue weighted by molar-refractivity contribution is -0.132. The molecule has 8 heteroatoms. The molecule has 0 radical (unpaired) electrons. The van der Waals surface area contributed by atoms with Crippen molar-refractivity contribution >= 4 is 29.7 Å². The fourth-order valence-electron chi connectivity index (χ4n) is 5.92. The van der Waals surface area contributed by atoms with Gasteiger partial charge in [0.15, 0.2) is 5.82 Å². The molecule has 1 aromatic heterocycles. The molecule has 198 valence electrons. The number of fused-ring (bicyclic) bond motifs is 2. The van der Waals surface area contributed by atoms with Crippen LogP contribution in [0.4, 0.5) is 11.5 Å². The zero-order valence-corrected chi connectivity index (χ0v) is 22.6. The molecule has 1 fully saturated rings. The van der Waals surface area contributed by atoms with Gasteiger partial charge in [-0.25, -0.2) is 0 Å². The number of benzene rings is 1. The molecule has 0 bridgehead atoms. The van der Waals surface area contributed by atoms with Gasteiger partial charge in [-0.1, -0.05) is 13.0 Å². The van der Waals surface area contributed by atoms with Crippen molar-refractivity contribution in [2.45, 2.75) is 71.4 Å². The Morgan fingerprint density at radius 1 is 1.27 bits per heavy atom. The van der Waals surface area contributed by atoms with E-state index in [4.69, 9.17) is 9.84 Å². The van der Waals surface area contributed by atoms with Crippen molar-refractivity contribution in [1.29, 1.82) is 0 Å². The lowest BCUT2D eigenvalue weighted by Crippen LogP contribution is -2.37. The van der Waals surface area contributed by atoms with E-state index in [1.807, 2.05) is 18.1 Å². The molecule has 0 N–H and O–H groups in total. The minimum atomic E-state index is 0.253. The highest BCUT2D eigenvalue weighted by molar-refractivity contribution is 5.78. The summed E-state index contributed by atoms with van der Waals surface area (Å²) in [4.78, 5) is 17.3. The van der Waals surface area contributed by atoms with Gasteiger partial charge in [0.05, 0.1) is 12.6 Å². The Morgan fingerprint density at radius 3 is 2.84 bits per heavy atom. The van der Waals surface area contributed by atoms with Crippen LogP contribution in [0, 0.1) is 0 Å². The summed E-state index contributed by atoms with van der Waals surface area (Å²) in [6, 6.07) is 7.11. The third kappa shape index (κ3) is 5.17. The van der Waals surface area contributed by atoms with E-state index in [0.717, 1.165) is 76.2 Å². The highest BCUT2D eigenvalue weighted by Gasteiger charge is 2.33. The molecule has 8 nitrogen and oxygen atoms in total. The summed E-state index contributed by atoms with van der Waals surface area (Å²) in [7, 11) is 1.89. The number of anilines is 2. The topological polar surface area (TPSA) is 66.2 Å². The van der Waals surface area contributed by atoms with E-state index in [9.17, 15) is 4.79 Å². The molecule has 37 heavy (non-hydrogen) atoms. The number of allylic oxidation sites excluding steroid dienone is 1. The molecule has 0 atom stereocenters. The second kappa shape index (κ2) is 11.1. The highest BCUT2D eigenvalue weighted by Crippen LogP contribution is 2.40. The number of amides is 1. The summed E-state index contributed by atoms with van der Waals surface area (Å²) in [5.41, 5.74) is 7.46. The Morgan fingerprint density at radius 2 is 2.08 bits per heavy atom. The molecule has 0 spiro atoms. The Labute approximate surface area is 220 Å². The minimum Gasteiger partial charge on any atom is -0.381 e. The largest absolute Gasteiger partial charge is 0.381 e. The van der Waals surface area contributed by atoms with Gasteiger partial charge < -0.3 is 14.5 Å². The van der Waals surface area contributed by atoms with Crippen LogP contribution in [0.25, 0.3) is 5.57 Å². The van der Waals surface area contributed by atoms with Crippen LogP contribution in [0.5, 0.6) is 0 Å². The number of nitrogens with zero attached hydrogens (tertiary/aromatic N) is 6. The lowest BCUT2D eigenvalue weighted by Gasteiger charge is -2.33. The fraction of sp³-hybridized carbons (Fsp3) is 0.552. The van der Waals surface area contributed by atoms with Crippen molar-refractivity contribution < 1.29 is 9.53 Å². The summed E-state index contributed by atoms with van der Waals surface area (Å²) in [5.74, 6) is 1.29. The first-order valence-corrected chi connectivity index (χ1v) is 13.7. The number of carbonyl (C=O) groups excluding carboxylic acids is 1. The summed E-state index contributed by atoms with van der Waals surface area (Å²) in [6.07, 6.45) is 8.46. The van der Waals surface area contributed by atoms with Crippen molar-refractivity contribution in [2.75, 3.05) is 38.3 Å². The van der Waals surface area contributed by atoms with Crippen LogP contribution in [0.15, 0.2) is 29.5 Å². The zero-order chi connectivity index (χ0) is 25.9. The smallest absolute Gasteiger partial charge is 0.222 e. The number of hydrogen-bond acceptors (Lipinski definition) is 6. The summed E-state index contributed by atoms with van der Waals surface area (Å²) >= 11 is 0.